The SMILES string of the molecule is Cc1ccc(-c2ccc(-c3ccc(/C=N/N=C(N)N)cc3)cc2)o1. The summed E-state index contributed by atoms with van der Waals surface area (Å²) in [6, 6.07) is 20.2. The average molecular weight is 318 g/mol. The molecule has 0 radical (unpaired) electrons. The number of nitrogens with two attached hydrogens (primary N) is 2. The molecule has 3 rings (SSSR count). The third-order valence-electron chi connectivity index (χ3n) is 3.53. The van der Waals surface area contributed by atoms with Gasteiger partial charge in [0.1, 0.15) is 11.5 Å². The van der Waals surface area contributed by atoms with Gasteiger partial charge in [-0.1, -0.05) is 48.5 Å². The fraction of sp³-hybridized carbons (Fsp3) is 0.0526. The lowest BCUT2D eigenvalue weighted by molar-refractivity contribution is 0.548. The van der Waals surface area contributed by atoms with Crippen LogP contribution >= 0.6 is 0 Å². The minimum atomic E-state index is -0.0605. The smallest absolute Gasteiger partial charge is 0.211 e. The molecule has 0 bridgehead atoms. The Morgan fingerprint density at radius 3 is 1.96 bits per heavy atom. The van der Waals surface area contributed by atoms with Crippen molar-refractivity contribution in [2.24, 2.45) is 21.7 Å². The molecule has 0 aliphatic heterocycles. The zero-order valence-electron chi connectivity index (χ0n) is 13.3. The zero-order chi connectivity index (χ0) is 16.9. The summed E-state index contributed by atoms with van der Waals surface area (Å²) in [5, 5.41) is 7.37. The molecule has 5 nitrogen and oxygen atoms in total. The average Bonchev–Trinajstić information content (AvgIpc) is 3.02. The van der Waals surface area contributed by atoms with Crippen LogP contribution in [0.2, 0.25) is 0 Å². The van der Waals surface area contributed by atoms with Gasteiger partial charge in [-0.15, -0.1) is 5.10 Å². The minimum absolute atomic E-state index is 0.0605. The van der Waals surface area contributed by atoms with Gasteiger partial charge in [0, 0.05) is 5.56 Å². The van der Waals surface area contributed by atoms with E-state index in [0.717, 1.165) is 33.8 Å². The first-order chi connectivity index (χ1) is 11.6. The van der Waals surface area contributed by atoms with Gasteiger partial charge in [0.05, 0.1) is 6.21 Å². The van der Waals surface area contributed by atoms with Crippen LogP contribution in [0.3, 0.4) is 0 Å². The molecule has 5 heteroatoms. The number of furan rings is 1. The first-order valence-electron chi connectivity index (χ1n) is 7.51. The van der Waals surface area contributed by atoms with Crippen molar-refractivity contribution in [3.63, 3.8) is 0 Å². The van der Waals surface area contributed by atoms with Crippen molar-refractivity contribution in [3.8, 4) is 22.5 Å². The fourth-order valence-corrected chi connectivity index (χ4v) is 2.34. The molecule has 120 valence electrons. The standard InChI is InChI=1S/C19H18N4O/c1-13-2-11-18(24-13)17-9-7-16(8-10-17)15-5-3-14(4-6-15)12-22-23-19(20)21/h2-12H,1H3,(H4,20,21,23)/b22-12+. The number of hydrogen-bond donors (Lipinski definition) is 2. The van der Waals surface area contributed by atoms with Gasteiger partial charge >= 0.3 is 0 Å². The molecule has 0 aliphatic rings. The molecule has 1 aromatic heterocycles. The van der Waals surface area contributed by atoms with E-state index in [-0.39, 0.29) is 5.96 Å². The number of hydrogen-bond acceptors (Lipinski definition) is 3. The van der Waals surface area contributed by atoms with E-state index in [0.29, 0.717) is 0 Å². The second kappa shape index (κ2) is 6.83. The van der Waals surface area contributed by atoms with Crippen molar-refractivity contribution in [2.45, 2.75) is 6.92 Å². The van der Waals surface area contributed by atoms with Gasteiger partial charge in [0.2, 0.25) is 5.96 Å². The van der Waals surface area contributed by atoms with Gasteiger partial charge in [0.15, 0.2) is 0 Å². The van der Waals surface area contributed by atoms with Crippen molar-refractivity contribution in [1.29, 1.82) is 0 Å². The largest absolute Gasteiger partial charge is 0.461 e. The lowest BCUT2D eigenvalue weighted by Crippen LogP contribution is -2.21. The monoisotopic (exact) mass is 318 g/mol. The second-order valence-electron chi connectivity index (χ2n) is 5.38. The van der Waals surface area contributed by atoms with Crippen molar-refractivity contribution >= 4 is 12.2 Å². The van der Waals surface area contributed by atoms with Gasteiger partial charge < -0.3 is 15.9 Å². The van der Waals surface area contributed by atoms with E-state index in [2.05, 4.69) is 34.5 Å². The molecule has 0 fully saturated rings. The number of benzene rings is 2. The van der Waals surface area contributed by atoms with Crippen molar-refractivity contribution in [3.05, 3.63) is 72.0 Å². The molecule has 0 aliphatic carbocycles. The van der Waals surface area contributed by atoms with Crippen LogP contribution in [0.15, 0.2) is 75.3 Å². The highest BCUT2D eigenvalue weighted by atomic mass is 16.3. The topological polar surface area (TPSA) is 89.9 Å². The molecule has 24 heavy (non-hydrogen) atoms. The van der Waals surface area contributed by atoms with Gasteiger partial charge in [-0.2, -0.15) is 5.10 Å². The molecule has 0 saturated carbocycles. The van der Waals surface area contributed by atoms with E-state index in [9.17, 15) is 0 Å². The molecular formula is C19H18N4O. The van der Waals surface area contributed by atoms with Crippen LogP contribution in [0, 0.1) is 6.92 Å². The quantitative estimate of drug-likeness (QED) is 0.438. The first kappa shape index (κ1) is 15.6. The summed E-state index contributed by atoms with van der Waals surface area (Å²) in [7, 11) is 0. The molecule has 0 unspecified atom stereocenters. The van der Waals surface area contributed by atoms with Gasteiger partial charge in [-0.05, 0) is 35.7 Å². The van der Waals surface area contributed by atoms with Crippen LogP contribution in [-0.4, -0.2) is 12.2 Å². The maximum atomic E-state index is 5.64. The van der Waals surface area contributed by atoms with Crippen LogP contribution < -0.4 is 11.5 Å². The normalized spacial score (nSPS) is 10.9. The minimum Gasteiger partial charge on any atom is -0.461 e. The summed E-state index contributed by atoms with van der Waals surface area (Å²) in [6.07, 6.45) is 1.60. The van der Waals surface area contributed by atoms with E-state index in [4.69, 9.17) is 15.9 Å². The van der Waals surface area contributed by atoms with E-state index >= 15 is 0 Å². The zero-order valence-corrected chi connectivity index (χ0v) is 13.3. The van der Waals surface area contributed by atoms with Gasteiger partial charge in [0.25, 0.3) is 0 Å². The Labute approximate surface area is 140 Å². The maximum absolute atomic E-state index is 5.64. The molecule has 1 heterocycles. The summed E-state index contributed by atoms with van der Waals surface area (Å²) < 4.78 is 5.64. The van der Waals surface area contributed by atoms with E-state index in [1.54, 1.807) is 6.21 Å². The molecular weight excluding hydrogens is 300 g/mol. The van der Waals surface area contributed by atoms with Crippen molar-refractivity contribution in [2.75, 3.05) is 0 Å². The number of rotatable bonds is 4. The Morgan fingerprint density at radius 2 is 1.42 bits per heavy atom. The molecule has 0 atom stereocenters. The summed E-state index contributed by atoms with van der Waals surface area (Å²) in [6.45, 7) is 1.94. The number of guanidine groups is 1. The Balaban J connectivity index is 1.77. The maximum Gasteiger partial charge on any atom is 0.211 e. The highest BCUT2D eigenvalue weighted by molar-refractivity contribution is 5.82. The van der Waals surface area contributed by atoms with E-state index < -0.39 is 0 Å². The fourth-order valence-electron chi connectivity index (χ4n) is 2.34. The number of nitrogens with zero attached hydrogens (tertiary/aromatic N) is 2. The second-order valence-corrected chi connectivity index (χ2v) is 5.38. The van der Waals surface area contributed by atoms with Gasteiger partial charge in [-0.25, -0.2) is 0 Å². The molecule has 3 aromatic rings. The first-order valence-corrected chi connectivity index (χ1v) is 7.51. The van der Waals surface area contributed by atoms with Crippen LogP contribution in [0.4, 0.5) is 0 Å². The Hall–Kier alpha value is -3.34. The van der Waals surface area contributed by atoms with Crippen LogP contribution in [-0.2, 0) is 0 Å². The summed E-state index contributed by atoms with van der Waals surface area (Å²) >= 11 is 0. The Bertz CT molecular complexity index is 870. The van der Waals surface area contributed by atoms with E-state index in [1.165, 1.54) is 0 Å². The molecule has 2 aromatic carbocycles. The lowest BCUT2D eigenvalue weighted by Gasteiger charge is -2.04. The van der Waals surface area contributed by atoms with Gasteiger partial charge in [-0.3, -0.25) is 0 Å². The third-order valence-corrected chi connectivity index (χ3v) is 3.53. The van der Waals surface area contributed by atoms with Crippen molar-refractivity contribution < 1.29 is 4.42 Å². The highest BCUT2D eigenvalue weighted by Crippen LogP contribution is 2.26. The summed E-state index contributed by atoms with van der Waals surface area (Å²) in [4.78, 5) is 0. The number of aryl methyl sites for hydroxylation is 1. The Morgan fingerprint density at radius 1 is 0.833 bits per heavy atom. The van der Waals surface area contributed by atoms with E-state index in [1.807, 2.05) is 43.3 Å². The summed E-state index contributed by atoms with van der Waals surface area (Å²) in [5.41, 5.74) is 14.7. The molecule has 0 saturated heterocycles. The highest BCUT2D eigenvalue weighted by Gasteiger charge is 2.03. The summed E-state index contributed by atoms with van der Waals surface area (Å²) in [5.74, 6) is 1.73. The predicted octanol–water partition coefficient (Wildman–Crippen LogP) is 3.53. The van der Waals surface area contributed by atoms with Crippen molar-refractivity contribution in [1.82, 2.24) is 0 Å². The van der Waals surface area contributed by atoms with Crippen LogP contribution in [0.25, 0.3) is 22.5 Å². The van der Waals surface area contributed by atoms with Crippen LogP contribution in [0.5, 0.6) is 0 Å². The lowest BCUT2D eigenvalue weighted by atomic mass is 10.0. The Kier molecular flexibility index (Phi) is 4.43. The molecule has 0 spiro atoms. The molecule has 4 N–H and O–H groups in total. The van der Waals surface area contributed by atoms with Crippen LogP contribution in [0.1, 0.15) is 11.3 Å². The third kappa shape index (κ3) is 3.70. The predicted molar refractivity (Wildman–Crippen MR) is 97.7 cm³/mol. The molecule has 0 amide bonds.